The third kappa shape index (κ3) is 5.03. The molecule has 0 aliphatic carbocycles. The number of hydrogen-bond acceptors (Lipinski definition) is 5. The van der Waals surface area contributed by atoms with Crippen LogP contribution < -0.4 is 10.6 Å². The standard InChI is InChI=1S/C14H24N4O/c1-11(2)5-7-15-14-16-8-6-13(18-14)17-10-12-4-3-9-19-12/h6,8,11-12H,3-5,7,9-10H2,1-2H3,(H2,15,16,17,18). The minimum absolute atomic E-state index is 0.326. The quantitative estimate of drug-likeness (QED) is 0.792. The van der Waals surface area contributed by atoms with Gasteiger partial charge < -0.3 is 15.4 Å². The molecule has 2 heterocycles. The van der Waals surface area contributed by atoms with E-state index in [9.17, 15) is 0 Å². The highest BCUT2D eigenvalue weighted by Gasteiger charge is 2.14. The molecule has 0 saturated carbocycles. The van der Waals surface area contributed by atoms with Crippen LogP contribution in [0, 0.1) is 5.92 Å². The van der Waals surface area contributed by atoms with E-state index in [4.69, 9.17) is 4.74 Å². The van der Waals surface area contributed by atoms with Crippen LogP contribution in [0.25, 0.3) is 0 Å². The smallest absolute Gasteiger partial charge is 0.224 e. The van der Waals surface area contributed by atoms with Crippen molar-refractivity contribution in [2.45, 2.75) is 39.2 Å². The Morgan fingerprint density at radius 2 is 2.32 bits per heavy atom. The van der Waals surface area contributed by atoms with Gasteiger partial charge in [0.25, 0.3) is 0 Å². The molecule has 1 atom stereocenters. The van der Waals surface area contributed by atoms with E-state index in [1.807, 2.05) is 6.07 Å². The van der Waals surface area contributed by atoms with Gasteiger partial charge in [-0.3, -0.25) is 0 Å². The zero-order chi connectivity index (χ0) is 13.5. The van der Waals surface area contributed by atoms with E-state index in [1.165, 1.54) is 0 Å². The van der Waals surface area contributed by atoms with Gasteiger partial charge in [0.15, 0.2) is 0 Å². The summed E-state index contributed by atoms with van der Waals surface area (Å²) in [4.78, 5) is 8.66. The summed E-state index contributed by atoms with van der Waals surface area (Å²) in [5.41, 5.74) is 0. The maximum absolute atomic E-state index is 5.57. The second kappa shape index (κ2) is 7.28. The maximum Gasteiger partial charge on any atom is 0.224 e. The van der Waals surface area contributed by atoms with Gasteiger partial charge in [-0.25, -0.2) is 4.98 Å². The molecule has 0 spiro atoms. The number of nitrogens with one attached hydrogen (secondary N) is 2. The van der Waals surface area contributed by atoms with Gasteiger partial charge in [-0.05, 0) is 31.2 Å². The summed E-state index contributed by atoms with van der Waals surface area (Å²) in [6, 6.07) is 1.89. The summed E-state index contributed by atoms with van der Waals surface area (Å²) in [6.07, 6.45) is 5.53. The summed E-state index contributed by atoms with van der Waals surface area (Å²) in [5.74, 6) is 2.24. The van der Waals surface area contributed by atoms with Crippen molar-refractivity contribution >= 4 is 11.8 Å². The van der Waals surface area contributed by atoms with E-state index in [2.05, 4.69) is 34.4 Å². The molecular weight excluding hydrogens is 240 g/mol. The summed E-state index contributed by atoms with van der Waals surface area (Å²) in [5, 5.41) is 6.56. The second-order valence-electron chi connectivity index (χ2n) is 5.39. The van der Waals surface area contributed by atoms with Crippen LogP contribution in [0.4, 0.5) is 11.8 Å². The van der Waals surface area contributed by atoms with Gasteiger partial charge in [0.2, 0.25) is 5.95 Å². The summed E-state index contributed by atoms with van der Waals surface area (Å²) in [6.45, 7) is 7.04. The first-order valence-electron chi connectivity index (χ1n) is 7.16. The SMILES string of the molecule is CC(C)CCNc1nccc(NCC2CCCO2)n1. The molecule has 106 valence electrons. The highest BCUT2D eigenvalue weighted by atomic mass is 16.5. The molecule has 2 N–H and O–H groups in total. The topological polar surface area (TPSA) is 59.1 Å². The monoisotopic (exact) mass is 264 g/mol. The van der Waals surface area contributed by atoms with Crippen LogP contribution in [0.2, 0.25) is 0 Å². The van der Waals surface area contributed by atoms with Crippen molar-refractivity contribution in [1.82, 2.24) is 9.97 Å². The third-order valence-corrected chi connectivity index (χ3v) is 3.20. The van der Waals surface area contributed by atoms with E-state index >= 15 is 0 Å². The number of aromatic nitrogens is 2. The second-order valence-corrected chi connectivity index (χ2v) is 5.39. The fourth-order valence-corrected chi connectivity index (χ4v) is 2.04. The van der Waals surface area contributed by atoms with Crippen LogP contribution in [-0.4, -0.2) is 35.8 Å². The molecule has 5 heteroatoms. The molecule has 1 saturated heterocycles. The highest BCUT2D eigenvalue weighted by molar-refractivity contribution is 5.39. The molecule has 2 rings (SSSR count). The molecule has 1 aromatic rings. The number of anilines is 2. The van der Waals surface area contributed by atoms with Crippen molar-refractivity contribution in [1.29, 1.82) is 0 Å². The molecule has 1 fully saturated rings. The van der Waals surface area contributed by atoms with Crippen LogP contribution in [0.5, 0.6) is 0 Å². The van der Waals surface area contributed by atoms with Crippen LogP contribution in [0.1, 0.15) is 33.1 Å². The first-order chi connectivity index (χ1) is 9.24. The van der Waals surface area contributed by atoms with Crippen LogP contribution in [0.3, 0.4) is 0 Å². The highest BCUT2D eigenvalue weighted by Crippen LogP contribution is 2.13. The Bertz CT molecular complexity index is 377. The van der Waals surface area contributed by atoms with Gasteiger partial charge in [-0.2, -0.15) is 4.98 Å². The maximum atomic E-state index is 5.57. The Balaban J connectivity index is 1.77. The molecule has 1 aliphatic heterocycles. The van der Waals surface area contributed by atoms with Crippen molar-refractivity contribution in [2.24, 2.45) is 5.92 Å². The average Bonchev–Trinajstić information content (AvgIpc) is 2.89. The Kier molecular flexibility index (Phi) is 5.39. The normalized spacial score (nSPS) is 18.8. The zero-order valence-corrected chi connectivity index (χ0v) is 11.9. The fraction of sp³-hybridized carbons (Fsp3) is 0.714. The van der Waals surface area contributed by atoms with Crippen molar-refractivity contribution in [3.05, 3.63) is 12.3 Å². The van der Waals surface area contributed by atoms with Gasteiger partial charge in [-0.15, -0.1) is 0 Å². The summed E-state index contributed by atoms with van der Waals surface area (Å²) < 4.78 is 5.57. The largest absolute Gasteiger partial charge is 0.376 e. The van der Waals surface area contributed by atoms with Crippen LogP contribution in [-0.2, 0) is 4.74 Å². The van der Waals surface area contributed by atoms with E-state index in [0.717, 1.165) is 44.8 Å². The molecule has 0 radical (unpaired) electrons. The number of nitrogens with zero attached hydrogens (tertiary/aromatic N) is 2. The fourth-order valence-electron chi connectivity index (χ4n) is 2.04. The number of ether oxygens (including phenoxy) is 1. The van der Waals surface area contributed by atoms with Gasteiger partial charge >= 0.3 is 0 Å². The lowest BCUT2D eigenvalue weighted by Gasteiger charge is -2.12. The van der Waals surface area contributed by atoms with Crippen molar-refractivity contribution < 1.29 is 4.74 Å². The molecule has 1 aromatic heterocycles. The molecule has 5 nitrogen and oxygen atoms in total. The van der Waals surface area contributed by atoms with E-state index in [-0.39, 0.29) is 0 Å². The zero-order valence-electron chi connectivity index (χ0n) is 11.9. The van der Waals surface area contributed by atoms with Gasteiger partial charge in [0, 0.05) is 25.9 Å². The molecule has 0 aromatic carbocycles. The Hall–Kier alpha value is -1.36. The molecule has 1 unspecified atom stereocenters. The molecule has 0 amide bonds. The lowest BCUT2D eigenvalue weighted by atomic mass is 10.1. The van der Waals surface area contributed by atoms with Gasteiger partial charge in [-0.1, -0.05) is 13.8 Å². The van der Waals surface area contributed by atoms with E-state index in [1.54, 1.807) is 6.20 Å². The van der Waals surface area contributed by atoms with Crippen LogP contribution in [0.15, 0.2) is 12.3 Å². The van der Waals surface area contributed by atoms with E-state index < -0.39 is 0 Å². The molecule has 0 bridgehead atoms. The Labute approximate surface area is 115 Å². The van der Waals surface area contributed by atoms with Crippen molar-refractivity contribution in [3.63, 3.8) is 0 Å². The van der Waals surface area contributed by atoms with Crippen molar-refractivity contribution in [3.8, 4) is 0 Å². The van der Waals surface area contributed by atoms with E-state index in [0.29, 0.717) is 18.0 Å². The van der Waals surface area contributed by atoms with Crippen molar-refractivity contribution in [2.75, 3.05) is 30.3 Å². The van der Waals surface area contributed by atoms with Crippen LogP contribution >= 0.6 is 0 Å². The van der Waals surface area contributed by atoms with Gasteiger partial charge in [0.1, 0.15) is 5.82 Å². The Morgan fingerprint density at radius 3 is 3.05 bits per heavy atom. The first-order valence-corrected chi connectivity index (χ1v) is 7.16. The number of rotatable bonds is 7. The third-order valence-electron chi connectivity index (χ3n) is 3.20. The lowest BCUT2D eigenvalue weighted by molar-refractivity contribution is 0.120. The van der Waals surface area contributed by atoms with Gasteiger partial charge in [0.05, 0.1) is 6.10 Å². The predicted molar refractivity (Wildman–Crippen MR) is 77.4 cm³/mol. The lowest BCUT2D eigenvalue weighted by Crippen LogP contribution is -2.19. The molecule has 19 heavy (non-hydrogen) atoms. The predicted octanol–water partition coefficient (Wildman–Crippen LogP) is 2.53. The Morgan fingerprint density at radius 1 is 1.42 bits per heavy atom. The minimum atomic E-state index is 0.326. The molecular formula is C14H24N4O. The first kappa shape index (κ1) is 14.1. The number of hydrogen-bond donors (Lipinski definition) is 2. The average molecular weight is 264 g/mol. The summed E-state index contributed by atoms with van der Waals surface area (Å²) in [7, 11) is 0. The molecule has 1 aliphatic rings. The minimum Gasteiger partial charge on any atom is -0.376 e. The summed E-state index contributed by atoms with van der Waals surface area (Å²) >= 11 is 0.